The number of carboxylic acid groups (broad SMARTS) is 1. The van der Waals surface area contributed by atoms with Crippen LogP contribution in [0.5, 0.6) is 0 Å². The predicted octanol–water partition coefficient (Wildman–Crippen LogP) is 3.41. The second-order valence-corrected chi connectivity index (χ2v) is 5.36. The number of aliphatic carboxylic acids is 1. The van der Waals surface area contributed by atoms with Crippen LogP contribution in [0, 0.1) is 5.92 Å². The quantitative estimate of drug-likeness (QED) is 0.922. The highest BCUT2D eigenvalue weighted by atomic mass is 35.5. The number of fused-ring (bicyclic) bond motifs is 1. The summed E-state index contributed by atoms with van der Waals surface area (Å²) in [6.07, 6.45) is 2.01. The van der Waals surface area contributed by atoms with E-state index >= 15 is 0 Å². The van der Waals surface area contributed by atoms with E-state index in [1.807, 2.05) is 35.9 Å². The number of carboxylic acids is 1. The van der Waals surface area contributed by atoms with Crippen molar-refractivity contribution in [3.63, 3.8) is 0 Å². The van der Waals surface area contributed by atoms with Gasteiger partial charge in [0.2, 0.25) is 0 Å². The molecule has 2 aromatic rings. The molecular formula is C14H14ClNO2. The SMILES string of the molecule is Cn1c(C(C(=O)O)C2CC2)cc2c(Cl)cccc21. The molecule has 1 aliphatic rings. The molecule has 0 radical (unpaired) electrons. The van der Waals surface area contributed by atoms with E-state index in [0.717, 1.165) is 29.4 Å². The van der Waals surface area contributed by atoms with Gasteiger partial charge >= 0.3 is 5.97 Å². The van der Waals surface area contributed by atoms with Crippen molar-refractivity contribution < 1.29 is 9.90 Å². The Labute approximate surface area is 110 Å². The van der Waals surface area contributed by atoms with Crippen LogP contribution in [-0.2, 0) is 11.8 Å². The number of benzene rings is 1. The zero-order valence-corrected chi connectivity index (χ0v) is 10.8. The molecule has 4 heteroatoms. The molecule has 1 atom stereocenters. The third-order valence-electron chi connectivity index (χ3n) is 3.75. The summed E-state index contributed by atoms with van der Waals surface area (Å²) in [5, 5.41) is 11.0. The zero-order valence-electron chi connectivity index (χ0n) is 10.1. The molecule has 1 aliphatic carbocycles. The van der Waals surface area contributed by atoms with Gasteiger partial charge in [-0.1, -0.05) is 17.7 Å². The zero-order chi connectivity index (χ0) is 12.9. The van der Waals surface area contributed by atoms with E-state index in [4.69, 9.17) is 11.6 Å². The molecule has 0 saturated heterocycles. The van der Waals surface area contributed by atoms with Gasteiger partial charge in [-0.05, 0) is 37.0 Å². The molecule has 94 valence electrons. The van der Waals surface area contributed by atoms with Crippen molar-refractivity contribution in [2.24, 2.45) is 13.0 Å². The number of aromatic nitrogens is 1. The molecule has 1 heterocycles. The fourth-order valence-electron chi connectivity index (χ4n) is 2.64. The topological polar surface area (TPSA) is 42.2 Å². The Morgan fingerprint density at radius 2 is 2.22 bits per heavy atom. The lowest BCUT2D eigenvalue weighted by atomic mass is 10.00. The lowest BCUT2D eigenvalue weighted by Crippen LogP contribution is -2.16. The van der Waals surface area contributed by atoms with Crippen molar-refractivity contribution in [3.05, 3.63) is 35.0 Å². The molecule has 1 fully saturated rings. The van der Waals surface area contributed by atoms with E-state index in [2.05, 4.69) is 0 Å². The molecule has 3 rings (SSSR count). The first kappa shape index (κ1) is 11.6. The molecule has 0 spiro atoms. The van der Waals surface area contributed by atoms with Crippen molar-refractivity contribution in [2.45, 2.75) is 18.8 Å². The van der Waals surface area contributed by atoms with Crippen molar-refractivity contribution in [3.8, 4) is 0 Å². The minimum Gasteiger partial charge on any atom is -0.481 e. The maximum Gasteiger partial charge on any atom is 0.312 e. The van der Waals surface area contributed by atoms with E-state index in [-0.39, 0.29) is 5.92 Å². The Hall–Kier alpha value is -1.48. The van der Waals surface area contributed by atoms with Crippen molar-refractivity contribution in [1.29, 1.82) is 0 Å². The number of aryl methyl sites for hydroxylation is 1. The van der Waals surface area contributed by atoms with Crippen LogP contribution in [0.2, 0.25) is 5.02 Å². The third-order valence-corrected chi connectivity index (χ3v) is 4.08. The third kappa shape index (κ3) is 1.70. The summed E-state index contributed by atoms with van der Waals surface area (Å²) < 4.78 is 1.96. The van der Waals surface area contributed by atoms with Crippen LogP contribution in [-0.4, -0.2) is 15.6 Å². The Kier molecular flexibility index (Phi) is 2.59. The average Bonchev–Trinajstić information content (AvgIpc) is 3.08. The second-order valence-electron chi connectivity index (χ2n) is 4.95. The first-order chi connectivity index (χ1) is 8.59. The molecule has 1 unspecified atom stereocenters. The summed E-state index contributed by atoms with van der Waals surface area (Å²) in [7, 11) is 1.91. The lowest BCUT2D eigenvalue weighted by Gasteiger charge is -2.12. The van der Waals surface area contributed by atoms with Gasteiger partial charge in [0, 0.05) is 28.7 Å². The number of hydrogen-bond donors (Lipinski definition) is 1. The van der Waals surface area contributed by atoms with Crippen LogP contribution < -0.4 is 0 Å². The normalized spacial score (nSPS) is 17.0. The van der Waals surface area contributed by atoms with Gasteiger partial charge < -0.3 is 9.67 Å². The number of halogens is 1. The Morgan fingerprint density at radius 1 is 1.50 bits per heavy atom. The van der Waals surface area contributed by atoms with E-state index in [1.165, 1.54) is 0 Å². The molecule has 1 aromatic heterocycles. The van der Waals surface area contributed by atoms with E-state index < -0.39 is 11.9 Å². The first-order valence-electron chi connectivity index (χ1n) is 6.06. The van der Waals surface area contributed by atoms with E-state index in [9.17, 15) is 9.90 Å². The fraction of sp³-hybridized carbons (Fsp3) is 0.357. The molecule has 3 nitrogen and oxygen atoms in total. The first-order valence-corrected chi connectivity index (χ1v) is 6.44. The molecular weight excluding hydrogens is 250 g/mol. The van der Waals surface area contributed by atoms with Gasteiger partial charge in [-0.25, -0.2) is 0 Å². The number of nitrogens with zero attached hydrogens (tertiary/aromatic N) is 1. The van der Waals surface area contributed by atoms with Crippen molar-refractivity contribution in [1.82, 2.24) is 4.57 Å². The number of hydrogen-bond acceptors (Lipinski definition) is 1. The molecule has 1 aromatic carbocycles. The summed E-state index contributed by atoms with van der Waals surface area (Å²) in [6, 6.07) is 7.62. The number of rotatable bonds is 3. The molecule has 1 saturated carbocycles. The summed E-state index contributed by atoms with van der Waals surface area (Å²) in [4.78, 5) is 11.4. The Bertz CT molecular complexity index is 628. The van der Waals surface area contributed by atoms with Crippen LogP contribution in [0.4, 0.5) is 0 Å². The molecule has 1 N–H and O–H groups in total. The Balaban J connectivity index is 2.19. The average molecular weight is 264 g/mol. The van der Waals surface area contributed by atoms with Gasteiger partial charge in [0.05, 0.1) is 5.92 Å². The highest BCUT2D eigenvalue weighted by molar-refractivity contribution is 6.35. The number of carbonyl (C=O) groups is 1. The minimum atomic E-state index is -0.737. The standard InChI is InChI=1S/C14H14ClNO2/c1-16-11-4-2-3-10(15)9(11)7-12(16)13(14(17)18)8-5-6-8/h2-4,7-8,13H,5-6H2,1H3,(H,17,18). The monoisotopic (exact) mass is 263 g/mol. The molecule has 0 bridgehead atoms. The van der Waals surface area contributed by atoms with Gasteiger partial charge in [0.1, 0.15) is 0 Å². The van der Waals surface area contributed by atoms with Gasteiger partial charge in [-0.15, -0.1) is 0 Å². The molecule has 0 aliphatic heterocycles. The minimum absolute atomic E-state index is 0.282. The van der Waals surface area contributed by atoms with Crippen LogP contribution in [0.15, 0.2) is 24.3 Å². The van der Waals surface area contributed by atoms with Crippen molar-refractivity contribution >= 4 is 28.5 Å². The fourth-order valence-corrected chi connectivity index (χ4v) is 2.87. The highest BCUT2D eigenvalue weighted by Crippen LogP contribution is 2.44. The Morgan fingerprint density at radius 3 is 2.78 bits per heavy atom. The molecule has 0 amide bonds. The van der Waals surface area contributed by atoms with E-state index in [0.29, 0.717) is 5.02 Å². The van der Waals surface area contributed by atoms with Crippen LogP contribution >= 0.6 is 11.6 Å². The van der Waals surface area contributed by atoms with Gasteiger partial charge in [-0.2, -0.15) is 0 Å². The maximum absolute atomic E-state index is 11.4. The maximum atomic E-state index is 11.4. The molecule has 18 heavy (non-hydrogen) atoms. The van der Waals surface area contributed by atoms with Gasteiger partial charge in [0.25, 0.3) is 0 Å². The van der Waals surface area contributed by atoms with Crippen LogP contribution in [0.3, 0.4) is 0 Å². The van der Waals surface area contributed by atoms with Gasteiger partial charge in [0.15, 0.2) is 0 Å². The summed E-state index contributed by atoms with van der Waals surface area (Å²) >= 11 is 6.16. The summed E-state index contributed by atoms with van der Waals surface area (Å²) in [5.74, 6) is -0.859. The largest absolute Gasteiger partial charge is 0.481 e. The summed E-state index contributed by atoms with van der Waals surface area (Å²) in [6.45, 7) is 0. The lowest BCUT2D eigenvalue weighted by molar-refractivity contribution is -0.139. The van der Waals surface area contributed by atoms with Crippen LogP contribution in [0.25, 0.3) is 10.9 Å². The summed E-state index contributed by atoms with van der Waals surface area (Å²) in [5.41, 5.74) is 1.84. The predicted molar refractivity (Wildman–Crippen MR) is 71.0 cm³/mol. The highest BCUT2D eigenvalue weighted by Gasteiger charge is 2.39. The second kappa shape index (κ2) is 4.02. The van der Waals surface area contributed by atoms with Crippen molar-refractivity contribution in [2.75, 3.05) is 0 Å². The van der Waals surface area contributed by atoms with Gasteiger partial charge in [-0.3, -0.25) is 4.79 Å². The van der Waals surface area contributed by atoms with E-state index in [1.54, 1.807) is 0 Å². The smallest absolute Gasteiger partial charge is 0.312 e. The van der Waals surface area contributed by atoms with Crippen LogP contribution in [0.1, 0.15) is 24.5 Å².